The van der Waals surface area contributed by atoms with Crippen molar-refractivity contribution in [3.8, 4) is 0 Å². The number of thiophene rings is 1. The van der Waals surface area contributed by atoms with Crippen molar-refractivity contribution in [3.05, 3.63) is 57.8 Å². The summed E-state index contributed by atoms with van der Waals surface area (Å²) in [5.74, 6) is -0.203. The number of morpholine rings is 1. The summed E-state index contributed by atoms with van der Waals surface area (Å²) < 4.78 is 5.68. The number of amides is 1. The molecular formula is C18H19NO3S. The highest BCUT2D eigenvalue weighted by molar-refractivity contribution is 7.12. The highest BCUT2D eigenvalue weighted by Gasteiger charge is 2.29. The van der Waals surface area contributed by atoms with Crippen LogP contribution in [0.1, 0.15) is 39.4 Å². The van der Waals surface area contributed by atoms with E-state index in [1.807, 2.05) is 25.3 Å². The van der Waals surface area contributed by atoms with E-state index in [2.05, 4.69) is 0 Å². The molecule has 1 fully saturated rings. The first kappa shape index (κ1) is 15.9. The fraction of sp³-hybridized carbons (Fsp3) is 0.333. The van der Waals surface area contributed by atoms with E-state index in [1.165, 1.54) is 11.3 Å². The molecule has 0 aliphatic carbocycles. The van der Waals surface area contributed by atoms with Gasteiger partial charge in [-0.2, -0.15) is 0 Å². The van der Waals surface area contributed by atoms with Crippen LogP contribution in [0.25, 0.3) is 0 Å². The summed E-state index contributed by atoms with van der Waals surface area (Å²) in [4.78, 5) is 28.0. The van der Waals surface area contributed by atoms with Gasteiger partial charge in [-0.05, 0) is 31.4 Å². The monoisotopic (exact) mass is 329 g/mol. The zero-order valence-corrected chi connectivity index (χ0v) is 14.0. The zero-order chi connectivity index (χ0) is 16.4. The Labute approximate surface area is 139 Å². The van der Waals surface area contributed by atoms with Crippen molar-refractivity contribution in [1.82, 2.24) is 4.90 Å². The van der Waals surface area contributed by atoms with E-state index < -0.39 is 0 Å². The SMILES string of the molecule is C[C@@H]1CN(C(=O)c2ccccc2C(=O)c2cccs2)C[C@H](C)O1. The van der Waals surface area contributed by atoms with Gasteiger partial charge >= 0.3 is 0 Å². The Bertz CT molecular complexity index is 701. The lowest BCUT2D eigenvalue weighted by molar-refractivity contribution is -0.0586. The van der Waals surface area contributed by atoms with Gasteiger partial charge in [-0.25, -0.2) is 0 Å². The van der Waals surface area contributed by atoms with Crippen LogP contribution in [-0.4, -0.2) is 41.9 Å². The van der Waals surface area contributed by atoms with E-state index in [4.69, 9.17) is 4.74 Å². The first-order valence-electron chi connectivity index (χ1n) is 7.68. The Morgan fingerprint density at radius 3 is 2.30 bits per heavy atom. The molecule has 120 valence electrons. The highest BCUT2D eigenvalue weighted by Crippen LogP contribution is 2.21. The predicted octanol–water partition coefficient (Wildman–Crippen LogP) is 3.23. The molecule has 4 nitrogen and oxygen atoms in total. The maximum absolute atomic E-state index is 12.9. The summed E-state index contributed by atoms with van der Waals surface area (Å²) in [5.41, 5.74) is 0.930. The number of carbonyl (C=O) groups excluding carboxylic acids is 2. The van der Waals surface area contributed by atoms with E-state index >= 15 is 0 Å². The van der Waals surface area contributed by atoms with Gasteiger partial charge in [-0.15, -0.1) is 11.3 Å². The molecule has 0 saturated carbocycles. The molecule has 0 N–H and O–H groups in total. The zero-order valence-electron chi connectivity index (χ0n) is 13.2. The Balaban J connectivity index is 1.91. The molecule has 2 heterocycles. The van der Waals surface area contributed by atoms with Crippen LogP contribution in [0.5, 0.6) is 0 Å². The normalized spacial score (nSPS) is 21.2. The van der Waals surface area contributed by atoms with Gasteiger partial charge in [0.25, 0.3) is 5.91 Å². The minimum Gasteiger partial charge on any atom is -0.372 e. The van der Waals surface area contributed by atoms with E-state index in [9.17, 15) is 9.59 Å². The van der Waals surface area contributed by atoms with Gasteiger partial charge in [0.15, 0.2) is 0 Å². The fourth-order valence-corrected chi connectivity index (χ4v) is 3.60. The van der Waals surface area contributed by atoms with Gasteiger partial charge in [0.05, 0.1) is 22.6 Å². The second kappa shape index (κ2) is 6.64. The lowest BCUT2D eigenvalue weighted by Crippen LogP contribution is -2.48. The van der Waals surface area contributed by atoms with Crippen molar-refractivity contribution in [3.63, 3.8) is 0 Å². The average molecular weight is 329 g/mol. The van der Waals surface area contributed by atoms with Crippen LogP contribution in [0.3, 0.4) is 0 Å². The van der Waals surface area contributed by atoms with Crippen LogP contribution >= 0.6 is 11.3 Å². The molecule has 0 unspecified atom stereocenters. The molecular weight excluding hydrogens is 310 g/mol. The van der Waals surface area contributed by atoms with Gasteiger partial charge in [-0.3, -0.25) is 9.59 Å². The van der Waals surface area contributed by atoms with Crippen LogP contribution in [0.4, 0.5) is 0 Å². The van der Waals surface area contributed by atoms with Gasteiger partial charge in [-0.1, -0.05) is 24.3 Å². The van der Waals surface area contributed by atoms with Crippen LogP contribution in [0.2, 0.25) is 0 Å². The molecule has 1 aliphatic heterocycles. The molecule has 23 heavy (non-hydrogen) atoms. The third-order valence-corrected chi connectivity index (χ3v) is 4.72. The Morgan fingerprint density at radius 1 is 1.04 bits per heavy atom. The quantitative estimate of drug-likeness (QED) is 0.812. The molecule has 0 spiro atoms. The summed E-state index contributed by atoms with van der Waals surface area (Å²) in [6, 6.07) is 10.7. The van der Waals surface area contributed by atoms with Gasteiger partial charge in [0, 0.05) is 18.7 Å². The first-order chi connectivity index (χ1) is 11.1. The van der Waals surface area contributed by atoms with Crippen molar-refractivity contribution in [2.45, 2.75) is 26.1 Å². The van der Waals surface area contributed by atoms with E-state index in [0.717, 1.165) is 0 Å². The summed E-state index contributed by atoms with van der Waals surface area (Å²) in [6.45, 7) is 5.01. The minimum atomic E-state index is -0.104. The van der Waals surface area contributed by atoms with Crippen LogP contribution < -0.4 is 0 Å². The van der Waals surface area contributed by atoms with E-state index in [1.54, 1.807) is 35.2 Å². The lowest BCUT2D eigenvalue weighted by atomic mass is 10.0. The standard InChI is InChI=1S/C18H19NO3S/c1-12-10-19(11-13(2)22-12)18(21)15-7-4-3-6-14(15)17(20)16-8-5-9-23-16/h3-9,12-13H,10-11H2,1-2H3/t12-,13+. The molecule has 1 saturated heterocycles. The smallest absolute Gasteiger partial charge is 0.254 e. The van der Waals surface area contributed by atoms with Gasteiger partial charge in [0.2, 0.25) is 5.78 Å². The topological polar surface area (TPSA) is 46.6 Å². The molecule has 3 rings (SSSR count). The second-order valence-corrected chi connectivity index (χ2v) is 6.77. The van der Waals surface area contributed by atoms with Crippen molar-refractivity contribution < 1.29 is 14.3 Å². The number of nitrogens with zero attached hydrogens (tertiary/aromatic N) is 1. The number of hydrogen-bond donors (Lipinski definition) is 0. The molecule has 1 aromatic carbocycles. The average Bonchev–Trinajstić information content (AvgIpc) is 3.07. The summed E-state index contributed by atoms with van der Waals surface area (Å²) in [7, 11) is 0. The van der Waals surface area contributed by atoms with Crippen molar-refractivity contribution in [2.75, 3.05) is 13.1 Å². The lowest BCUT2D eigenvalue weighted by Gasteiger charge is -2.35. The number of carbonyl (C=O) groups is 2. The highest BCUT2D eigenvalue weighted by atomic mass is 32.1. The third kappa shape index (κ3) is 3.35. The van der Waals surface area contributed by atoms with Crippen LogP contribution in [0.15, 0.2) is 41.8 Å². The third-order valence-electron chi connectivity index (χ3n) is 3.85. The van der Waals surface area contributed by atoms with E-state index in [0.29, 0.717) is 29.1 Å². The first-order valence-corrected chi connectivity index (χ1v) is 8.56. The minimum absolute atomic E-state index is 0.00265. The van der Waals surface area contributed by atoms with Gasteiger partial charge < -0.3 is 9.64 Å². The van der Waals surface area contributed by atoms with E-state index in [-0.39, 0.29) is 23.9 Å². The Morgan fingerprint density at radius 2 is 1.70 bits per heavy atom. The maximum atomic E-state index is 12.9. The molecule has 1 amide bonds. The molecule has 0 radical (unpaired) electrons. The summed E-state index contributed by atoms with van der Waals surface area (Å²) in [6.07, 6.45) is 0.00530. The van der Waals surface area contributed by atoms with Crippen molar-refractivity contribution in [2.24, 2.45) is 0 Å². The second-order valence-electron chi connectivity index (χ2n) is 5.82. The van der Waals surface area contributed by atoms with Crippen molar-refractivity contribution in [1.29, 1.82) is 0 Å². The Hall–Kier alpha value is -1.98. The maximum Gasteiger partial charge on any atom is 0.254 e. The molecule has 2 aromatic rings. The number of ketones is 1. The number of rotatable bonds is 3. The largest absolute Gasteiger partial charge is 0.372 e. The predicted molar refractivity (Wildman–Crippen MR) is 90.1 cm³/mol. The summed E-state index contributed by atoms with van der Waals surface area (Å²) in [5, 5.41) is 1.86. The molecule has 0 bridgehead atoms. The molecule has 2 atom stereocenters. The number of benzene rings is 1. The summed E-state index contributed by atoms with van der Waals surface area (Å²) >= 11 is 1.39. The molecule has 1 aromatic heterocycles. The Kier molecular flexibility index (Phi) is 4.59. The van der Waals surface area contributed by atoms with Crippen LogP contribution in [-0.2, 0) is 4.74 Å². The molecule has 5 heteroatoms. The van der Waals surface area contributed by atoms with Crippen LogP contribution in [0, 0.1) is 0 Å². The molecule has 1 aliphatic rings. The van der Waals surface area contributed by atoms with Gasteiger partial charge in [0.1, 0.15) is 0 Å². The number of ether oxygens (including phenoxy) is 1. The van der Waals surface area contributed by atoms with Crippen molar-refractivity contribution >= 4 is 23.0 Å². The number of hydrogen-bond acceptors (Lipinski definition) is 4. The fourth-order valence-electron chi connectivity index (χ4n) is 2.92.